The standard InChI is InChI=1S/C13H12ClNO6/c1-20-11(16)6-10(13(19)21-2)15-9-5-7(12(17)18)3-4-8(9)14/h3-6,15H,1-2H3,(H,17,18)/b10-6+. The van der Waals surface area contributed by atoms with E-state index in [-0.39, 0.29) is 22.0 Å². The topological polar surface area (TPSA) is 102 Å². The van der Waals surface area contributed by atoms with Crippen molar-refractivity contribution in [3.8, 4) is 0 Å². The molecule has 0 saturated heterocycles. The van der Waals surface area contributed by atoms with E-state index in [1.165, 1.54) is 18.2 Å². The van der Waals surface area contributed by atoms with Gasteiger partial charge in [0, 0.05) is 0 Å². The zero-order chi connectivity index (χ0) is 16.0. The van der Waals surface area contributed by atoms with Gasteiger partial charge in [-0.2, -0.15) is 0 Å². The Balaban J connectivity index is 3.17. The summed E-state index contributed by atoms with van der Waals surface area (Å²) in [4.78, 5) is 33.7. The molecule has 1 rings (SSSR count). The predicted molar refractivity (Wildman–Crippen MR) is 74.1 cm³/mol. The Morgan fingerprint density at radius 1 is 1.24 bits per heavy atom. The largest absolute Gasteiger partial charge is 0.478 e. The van der Waals surface area contributed by atoms with Crippen LogP contribution in [0.4, 0.5) is 5.69 Å². The van der Waals surface area contributed by atoms with Crippen LogP contribution >= 0.6 is 11.6 Å². The number of carbonyl (C=O) groups is 3. The van der Waals surface area contributed by atoms with Crippen LogP contribution in [0.15, 0.2) is 30.0 Å². The van der Waals surface area contributed by atoms with E-state index in [1.807, 2.05) is 0 Å². The van der Waals surface area contributed by atoms with Crippen LogP contribution in [0.2, 0.25) is 5.02 Å². The van der Waals surface area contributed by atoms with E-state index < -0.39 is 17.9 Å². The number of halogens is 1. The Morgan fingerprint density at radius 2 is 1.90 bits per heavy atom. The monoisotopic (exact) mass is 313 g/mol. The van der Waals surface area contributed by atoms with Crippen molar-refractivity contribution in [1.82, 2.24) is 0 Å². The Kier molecular flexibility index (Phi) is 5.74. The van der Waals surface area contributed by atoms with Crippen LogP contribution in [-0.2, 0) is 19.1 Å². The molecule has 21 heavy (non-hydrogen) atoms. The van der Waals surface area contributed by atoms with Crippen LogP contribution in [-0.4, -0.2) is 37.2 Å². The van der Waals surface area contributed by atoms with Crippen molar-refractivity contribution in [2.75, 3.05) is 19.5 Å². The van der Waals surface area contributed by atoms with Gasteiger partial charge in [-0.3, -0.25) is 0 Å². The van der Waals surface area contributed by atoms with E-state index in [0.29, 0.717) is 0 Å². The molecule has 0 aliphatic carbocycles. The number of rotatable bonds is 5. The highest BCUT2D eigenvalue weighted by atomic mass is 35.5. The Bertz CT molecular complexity index is 611. The van der Waals surface area contributed by atoms with Crippen molar-refractivity contribution in [2.24, 2.45) is 0 Å². The van der Waals surface area contributed by atoms with Crippen LogP contribution in [0.3, 0.4) is 0 Å². The summed E-state index contributed by atoms with van der Waals surface area (Å²) >= 11 is 5.91. The van der Waals surface area contributed by atoms with Gasteiger partial charge in [-0.25, -0.2) is 14.4 Å². The molecule has 0 amide bonds. The smallest absolute Gasteiger partial charge is 0.354 e. The number of esters is 2. The number of carbonyl (C=O) groups excluding carboxylic acids is 2. The minimum Gasteiger partial charge on any atom is -0.478 e. The molecule has 1 aromatic carbocycles. The summed E-state index contributed by atoms with van der Waals surface area (Å²) < 4.78 is 8.93. The Labute approximate surface area is 125 Å². The highest BCUT2D eigenvalue weighted by Crippen LogP contribution is 2.24. The lowest BCUT2D eigenvalue weighted by Gasteiger charge is -2.11. The second kappa shape index (κ2) is 7.30. The number of carboxylic acid groups (broad SMARTS) is 1. The normalized spacial score (nSPS) is 10.7. The van der Waals surface area contributed by atoms with Crippen molar-refractivity contribution in [3.05, 3.63) is 40.6 Å². The second-order valence-corrected chi connectivity index (χ2v) is 4.10. The number of hydrogen-bond donors (Lipinski definition) is 2. The molecule has 0 unspecified atom stereocenters. The molecule has 0 radical (unpaired) electrons. The van der Waals surface area contributed by atoms with Crippen molar-refractivity contribution >= 4 is 35.2 Å². The zero-order valence-corrected chi connectivity index (χ0v) is 11.9. The van der Waals surface area contributed by atoms with E-state index in [9.17, 15) is 14.4 Å². The van der Waals surface area contributed by atoms with E-state index in [0.717, 1.165) is 20.3 Å². The third-order valence-electron chi connectivity index (χ3n) is 2.35. The van der Waals surface area contributed by atoms with Gasteiger partial charge in [0.15, 0.2) is 0 Å². The first-order chi connectivity index (χ1) is 9.88. The van der Waals surface area contributed by atoms with E-state index >= 15 is 0 Å². The van der Waals surface area contributed by atoms with Crippen molar-refractivity contribution in [1.29, 1.82) is 0 Å². The van der Waals surface area contributed by atoms with Gasteiger partial charge >= 0.3 is 17.9 Å². The molecule has 8 heteroatoms. The number of hydrogen-bond acceptors (Lipinski definition) is 6. The average molecular weight is 314 g/mol. The molecule has 0 fully saturated rings. The quantitative estimate of drug-likeness (QED) is 0.629. The molecule has 0 atom stereocenters. The summed E-state index contributed by atoms with van der Waals surface area (Å²) in [7, 11) is 2.27. The minimum atomic E-state index is -1.16. The fraction of sp³-hybridized carbons (Fsp3) is 0.154. The summed E-state index contributed by atoms with van der Waals surface area (Å²) in [6.45, 7) is 0. The summed E-state index contributed by atoms with van der Waals surface area (Å²) in [5.41, 5.74) is -0.143. The highest BCUT2D eigenvalue weighted by molar-refractivity contribution is 6.33. The first-order valence-corrected chi connectivity index (χ1v) is 5.94. The fourth-order valence-electron chi connectivity index (χ4n) is 1.33. The maximum Gasteiger partial charge on any atom is 0.354 e. The van der Waals surface area contributed by atoms with Gasteiger partial charge in [0.2, 0.25) is 0 Å². The Morgan fingerprint density at radius 3 is 2.43 bits per heavy atom. The molecular formula is C13H12ClNO6. The molecule has 112 valence electrons. The van der Waals surface area contributed by atoms with Crippen molar-refractivity contribution < 1.29 is 29.0 Å². The minimum absolute atomic E-state index is 0.0378. The summed E-state index contributed by atoms with van der Waals surface area (Å²) in [5, 5.41) is 11.6. The van der Waals surface area contributed by atoms with Crippen LogP contribution in [0.5, 0.6) is 0 Å². The molecule has 0 aliphatic rings. The molecule has 0 saturated carbocycles. The third kappa shape index (κ3) is 4.50. The number of ether oxygens (including phenoxy) is 2. The van der Waals surface area contributed by atoms with Crippen LogP contribution in [0, 0.1) is 0 Å². The highest BCUT2D eigenvalue weighted by Gasteiger charge is 2.15. The van der Waals surface area contributed by atoms with Crippen LogP contribution < -0.4 is 5.32 Å². The lowest BCUT2D eigenvalue weighted by molar-refractivity contribution is -0.138. The number of anilines is 1. The SMILES string of the molecule is COC(=O)/C=C(/Nc1cc(C(=O)O)ccc1Cl)C(=O)OC. The van der Waals surface area contributed by atoms with Crippen molar-refractivity contribution in [2.45, 2.75) is 0 Å². The van der Waals surface area contributed by atoms with Gasteiger partial charge in [0.25, 0.3) is 0 Å². The summed E-state index contributed by atoms with van der Waals surface area (Å²) in [6, 6.07) is 3.87. The Hall–Kier alpha value is -2.54. The molecular weight excluding hydrogens is 302 g/mol. The number of benzene rings is 1. The first kappa shape index (κ1) is 16.5. The number of nitrogens with one attached hydrogen (secondary N) is 1. The van der Waals surface area contributed by atoms with E-state index in [2.05, 4.69) is 14.8 Å². The van der Waals surface area contributed by atoms with Gasteiger partial charge in [0.1, 0.15) is 5.70 Å². The van der Waals surface area contributed by atoms with E-state index in [1.54, 1.807) is 0 Å². The predicted octanol–water partition coefficient (Wildman–Crippen LogP) is 1.68. The molecule has 0 bridgehead atoms. The van der Waals surface area contributed by atoms with Gasteiger partial charge in [-0.1, -0.05) is 11.6 Å². The van der Waals surface area contributed by atoms with Crippen molar-refractivity contribution in [3.63, 3.8) is 0 Å². The third-order valence-corrected chi connectivity index (χ3v) is 2.68. The lowest BCUT2D eigenvalue weighted by Crippen LogP contribution is -2.16. The maximum absolute atomic E-state index is 11.6. The van der Waals surface area contributed by atoms with Crippen LogP contribution in [0.25, 0.3) is 0 Å². The molecule has 0 aliphatic heterocycles. The summed E-state index contributed by atoms with van der Waals surface area (Å²) in [6.07, 6.45) is 0.871. The van der Waals surface area contributed by atoms with Gasteiger partial charge in [-0.15, -0.1) is 0 Å². The molecule has 0 aromatic heterocycles. The van der Waals surface area contributed by atoms with Gasteiger partial charge in [0.05, 0.1) is 36.6 Å². The molecule has 7 nitrogen and oxygen atoms in total. The lowest BCUT2D eigenvalue weighted by atomic mass is 10.2. The second-order valence-electron chi connectivity index (χ2n) is 3.70. The van der Waals surface area contributed by atoms with Crippen LogP contribution in [0.1, 0.15) is 10.4 Å². The van der Waals surface area contributed by atoms with E-state index in [4.69, 9.17) is 16.7 Å². The number of aromatic carboxylic acids is 1. The maximum atomic E-state index is 11.6. The van der Waals surface area contributed by atoms with Gasteiger partial charge in [-0.05, 0) is 18.2 Å². The molecule has 0 heterocycles. The zero-order valence-electron chi connectivity index (χ0n) is 11.2. The molecule has 0 spiro atoms. The fourth-order valence-corrected chi connectivity index (χ4v) is 1.50. The molecule has 2 N–H and O–H groups in total. The summed E-state index contributed by atoms with van der Waals surface area (Å²) in [5.74, 6) is -2.78. The first-order valence-electron chi connectivity index (χ1n) is 5.57. The van der Waals surface area contributed by atoms with Gasteiger partial charge < -0.3 is 19.9 Å². The molecule has 1 aromatic rings. The average Bonchev–Trinajstić information content (AvgIpc) is 2.47. The number of carboxylic acids is 1. The number of methoxy groups -OCH3 is 2.